The number of carbonyl (C=O) groups is 2. The summed E-state index contributed by atoms with van der Waals surface area (Å²) in [5.41, 5.74) is 0.257. The Morgan fingerprint density at radius 2 is 2.00 bits per heavy atom. The van der Waals surface area contributed by atoms with Crippen LogP contribution in [0.3, 0.4) is 0 Å². The zero-order chi connectivity index (χ0) is 15.5. The standard InChI is InChI=1S/C16H21NO4/c1-11(14(18)19)17-15(20)16(8-3-4-9-16)12-6-5-7-13(10-12)21-2/h5-7,10-11H,3-4,8-9H2,1-2H3,(H,17,20)(H,18,19)/t11-/m1/s1. The van der Waals surface area contributed by atoms with E-state index in [9.17, 15) is 9.59 Å². The number of carbonyl (C=O) groups excluding carboxylic acids is 1. The topological polar surface area (TPSA) is 75.6 Å². The van der Waals surface area contributed by atoms with E-state index in [1.165, 1.54) is 6.92 Å². The van der Waals surface area contributed by atoms with Gasteiger partial charge < -0.3 is 15.2 Å². The summed E-state index contributed by atoms with van der Waals surface area (Å²) in [6.45, 7) is 1.48. The Bertz CT molecular complexity index is 535. The van der Waals surface area contributed by atoms with Crippen molar-refractivity contribution < 1.29 is 19.4 Å². The number of benzene rings is 1. The van der Waals surface area contributed by atoms with Gasteiger partial charge in [-0.05, 0) is 37.5 Å². The molecule has 0 saturated heterocycles. The van der Waals surface area contributed by atoms with Crippen LogP contribution in [0.4, 0.5) is 0 Å². The van der Waals surface area contributed by atoms with Crippen LogP contribution in [0.15, 0.2) is 24.3 Å². The normalized spacial score (nSPS) is 18.0. The molecule has 1 amide bonds. The molecule has 0 radical (unpaired) electrons. The molecule has 0 aromatic heterocycles. The lowest BCUT2D eigenvalue weighted by Gasteiger charge is -2.29. The van der Waals surface area contributed by atoms with Crippen molar-refractivity contribution in [3.8, 4) is 5.75 Å². The van der Waals surface area contributed by atoms with Crippen molar-refractivity contribution in [1.82, 2.24) is 5.32 Å². The highest BCUT2D eigenvalue weighted by Gasteiger charge is 2.43. The smallest absolute Gasteiger partial charge is 0.325 e. The van der Waals surface area contributed by atoms with Crippen LogP contribution in [0.2, 0.25) is 0 Å². The predicted molar refractivity (Wildman–Crippen MR) is 78.4 cm³/mol. The van der Waals surface area contributed by atoms with Gasteiger partial charge in [-0.1, -0.05) is 25.0 Å². The number of methoxy groups -OCH3 is 1. The van der Waals surface area contributed by atoms with Gasteiger partial charge in [0.2, 0.25) is 5.91 Å². The van der Waals surface area contributed by atoms with Crippen LogP contribution in [0.1, 0.15) is 38.2 Å². The fourth-order valence-corrected chi connectivity index (χ4v) is 2.94. The van der Waals surface area contributed by atoms with E-state index in [1.54, 1.807) is 7.11 Å². The average molecular weight is 291 g/mol. The van der Waals surface area contributed by atoms with E-state index in [2.05, 4.69) is 5.32 Å². The van der Waals surface area contributed by atoms with Gasteiger partial charge in [-0.3, -0.25) is 9.59 Å². The molecule has 2 rings (SSSR count). The van der Waals surface area contributed by atoms with E-state index in [0.717, 1.165) is 31.2 Å². The minimum absolute atomic E-state index is 0.205. The lowest BCUT2D eigenvalue weighted by atomic mass is 9.77. The van der Waals surface area contributed by atoms with Crippen LogP contribution < -0.4 is 10.1 Å². The van der Waals surface area contributed by atoms with Crippen LogP contribution in [0.5, 0.6) is 5.75 Å². The first-order valence-electron chi connectivity index (χ1n) is 7.18. The molecule has 5 nitrogen and oxygen atoms in total. The third-order valence-corrected chi connectivity index (χ3v) is 4.23. The van der Waals surface area contributed by atoms with Crippen molar-refractivity contribution >= 4 is 11.9 Å². The molecular formula is C16H21NO4. The SMILES string of the molecule is COc1cccc(C2(C(=O)N[C@H](C)C(=O)O)CCCC2)c1. The highest BCUT2D eigenvalue weighted by Crippen LogP contribution is 2.42. The van der Waals surface area contributed by atoms with Crippen LogP contribution in [-0.4, -0.2) is 30.1 Å². The Hall–Kier alpha value is -2.04. The highest BCUT2D eigenvalue weighted by molar-refractivity contribution is 5.91. The maximum Gasteiger partial charge on any atom is 0.325 e. The van der Waals surface area contributed by atoms with E-state index in [4.69, 9.17) is 9.84 Å². The number of carboxylic acids is 1. The van der Waals surface area contributed by atoms with Gasteiger partial charge in [0.05, 0.1) is 12.5 Å². The largest absolute Gasteiger partial charge is 0.497 e. The molecule has 1 aromatic carbocycles. The van der Waals surface area contributed by atoms with Gasteiger partial charge in [0.1, 0.15) is 11.8 Å². The quantitative estimate of drug-likeness (QED) is 0.871. The second kappa shape index (κ2) is 6.16. The molecule has 1 aliphatic rings. The zero-order valence-corrected chi connectivity index (χ0v) is 12.4. The van der Waals surface area contributed by atoms with Gasteiger partial charge >= 0.3 is 5.97 Å². The summed E-state index contributed by atoms with van der Waals surface area (Å²) in [5, 5.41) is 11.6. The number of hydrogen-bond acceptors (Lipinski definition) is 3. The zero-order valence-electron chi connectivity index (χ0n) is 12.4. The molecule has 1 aliphatic carbocycles. The van der Waals surface area contributed by atoms with E-state index in [0.29, 0.717) is 5.75 Å². The summed E-state index contributed by atoms with van der Waals surface area (Å²) in [7, 11) is 1.59. The van der Waals surface area contributed by atoms with E-state index >= 15 is 0 Å². The Balaban J connectivity index is 2.31. The number of rotatable bonds is 5. The maximum absolute atomic E-state index is 12.7. The average Bonchev–Trinajstić information content (AvgIpc) is 2.98. The summed E-state index contributed by atoms with van der Waals surface area (Å²) in [4.78, 5) is 23.6. The van der Waals surface area contributed by atoms with Crippen LogP contribution in [0.25, 0.3) is 0 Å². The van der Waals surface area contributed by atoms with Crippen molar-refractivity contribution in [1.29, 1.82) is 0 Å². The molecule has 0 heterocycles. The van der Waals surface area contributed by atoms with E-state index in [1.807, 2.05) is 24.3 Å². The Kier molecular flexibility index (Phi) is 4.50. The molecule has 1 saturated carbocycles. The fraction of sp³-hybridized carbons (Fsp3) is 0.500. The fourth-order valence-electron chi connectivity index (χ4n) is 2.94. The first-order chi connectivity index (χ1) is 9.99. The summed E-state index contributed by atoms with van der Waals surface area (Å²) >= 11 is 0. The summed E-state index contributed by atoms with van der Waals surface area (Å²) in [5.74, 6) is -0.525. The Morgan fingerprint density at radius 1 is 1.33 bits per heavy atom. The van der Waals surface area contributed by atoms with Crippen molar-refractivity contribution in [3.63, 3.8) is 0 Å². The Labute approximate surface area is 124 Å². The third-order valence-electron chi connectivity index (χ3n) is 4.23. The number of amides is 1. The van der Waals surface area contributed by atoms with Crippen molar-refractivity contribution in [2.75, 3.05) is 7.11 Å². The molecule has 21 heavy (non-hydrogen) atoms. The molecule has 114 valence electrons. The molecule has 5 heteroatoms. The summed E-state index contributed by atoms with van der Waals surface area (Å²) in [6, 6.07) is 6.60. The molecule has 0 unspecified atom stereocenters. The molecule has 1 fully saturated rings. The number of carboxylic acid groups (broad SMARTS) is 1. The lowest BCUT2D eigenvalue weighted by molar-refractivity contribution is -0.142. The molecule has 1 atom stereocenters. The number of ether oxygens (including phenoxy) is 1. The van der Waals surface area contributed by atoms with Gasteiger partial charge in [-0.2, -0.15) is 0 Å². The number of nitrogens with one attached hydrogen (secondary N) is 1. The van der Waals surface area contributed by atoms with Crippen LogP contribution in [0, 0.1) is 0 Å². The molecule has 0 spiro atoms. The van der Waals surface area contributed by atoms with Crippen molar-refractivity contribution in [2.45, 2.75) is 44.1 Å². The molecule has 0 aliphatic heterocycles. The third kappa shape index (κ3) is 3.01. The Morgan fingerprint density at radius 3 is 2.57 bits per heavy atom. The van der Waals surface area contributed by atoms with Crippen molar-refractivity contribution in [3.05, 3.63) is 29.8 Å². The predicted octanol–water partition coefficient (Wildman–Crippen LogP) is 2.10. The maximum atomic E-state index is 12.7. The van der Waals surface area contributed by atoms with E-state index in [-0.39, 0.29) is 5.91 Å². The number of hydrogen-bond donors (Lipinski definition) is 2. The first-order valence-corrected chi connectivity index (χ1v) is 7.18. The minimum atomic E-state index is -1.03. The second-order valence-electron chi connectivity index (χ2n) is 5.55. The highest BCUT2D eigenvalue weighted by atomic mass is 16.5. The van der Waals surface area contributed by atoms with Gasteiger partial charge in [-0.15, -0.1) is 0 Å². The van der Waals surface area contributed by atoms with Crippen LogP contribution >= 0.6 is 0 Å². The number of aliphatic carboxylic acids is 1. The van der Waals surface area contributed by atoms with Gasteiger partial charge in [0, 0.05) is 0 Å². The first kappa shape index (κ1) is 15.4. The molecule has 0 bridgehead atoms. The van der Waals surface area contributed by atoms with Gasteiger partial charge in [0.15, 0.2) is 0 Å². The monoisotopic (exact) mass is 291 g/mol. The van der Waals surface area contributed by atoms with Crippen LogP contribution in [-0.2, 0) is 15.0 Å². The van der Waals surface area contributed by atoms with E-state index < -0.39 is 17.4 Å². The van der Waals surface area contributed by atoms with Gasteiger partial charge in [-0.25, -0.2) is 0 Å². The van der Waals surface area contributed by atoms with Crippen molar-refractivity contribution in [2.24, 2.45) is 0 Å². The molecule has 1 aromatic rings. The summed E-state index contributed by atoms with van der Waals surface area (Å²) < 4.78 is 5.23. The minimum Gasteiger partial charge on any atom is -0.497 e. The second-order valence-corrected chi connectivity index (χ2v) is 5.55. The lowest BCUT2D eigenvalue weighted by Crippen LogP contribution is -2.48. The van der Waals surface area contributed by atoms with Gasteiger partial charge in [0.25, 0.3) is 0 Å². The molecular weight excluding hydrogens is 270 g/mol. The summed E-state index contributed by atoms with van der Waals surface area (Å²) in [6.07, 6.45) is 3.40. The molecule has 2 N–H and O–H groups in total.